The molecule has 0 bridgehead atoms. The normalized spacial score (nSPS) is 16.9. The number of nitrogens with zero attached hydrogens (tertiary/aromatic N) is 2. The van der Waals surface area contributed by atoms with Crippen molar-refractivity contribution in [3.8, 4) is 0 Å². The van der Waals surface area contributed by atoms with Crippen molar-refractivity contribution in [3.63, 3.8) is 0 Å². The quantitative estimate of drug-likeness (QED) is 0.656. The van der Waals surface area contributed by atoms with Crippen LogP contribution in [0, 0.1) is 0 Å². The standard InChI is InChI=1S/C24H32ClN3O2/c1-3-27(4-2)23(20-8-6-5-7-9-20)24(29)26-18-22(28-14-16-30-17-15-28)19-10-12-21(25)13-11-19/h5-13,22-23H,3-4,14-18H2,1-2H3,(H,26,29). The van der Waals surface area contributed by atoms with E-state index in [1.807, 2.05) is 54.6 Å². The van der Waals surface area contributed by atoms with Gasteiger partial charge in [0, 0.05) is 24.7 Å². The second-order valence-corrected chi connectivity index (χ2v) is 7.93. The van der Waals surface area contributed by atoms with E-state index in [-0.39, 0.29) is 18.0 Å². The van der Waals surface area contributed by atoms with Crippen molar-refractivity contribution in [2.75, 3.05) is 45.9 Å². The van der Waals surface area contributed by atoms with Crippen LogP contribution in [-0.4, -0.2) is 61.6 Å². The third kappa shape index (κ3) is 5.82. The van der Waals surface area contributed by atoms with Gasteiger partial charge in [0.1, 0.15) is 6.04 Å². The molecule has 30 heavy (non-hydrogen) atoms. The topological polar surface area (TPSA) is 44.8 Å². The highest BCUT2D eigenvalue weighted by atomic mass is 35.5. The summed E-state index contributed by atoms with van der Waals surface area (Å²) in [6.07, 6.45) is 0. The molecule has 1 heterocycles. The molecule has 0 aliphatic carbocycles. The van der Waals surface area contributed by atoms with Crippen LogP contribution in [0.1, 0.15) is 37.1 Å². The molecule has 0 spiro atoms. The van der Waals surface area contributed by atoms with Crippen LogP contribution in [-0.2, 0) is 9.53 Å². The first-order valence-corrected chi connectivity index (χ1v) is 11.2. The fourth-order valence-electron chi connectivity index (χ4n) is 4.08. The monoisotopic (exact) mass is 429 g/mol. The van der Waals surface area contributed by atoms with Crippen LogP contribution >= 0.6 is 11.6 Å². The summed E-state index contributed by atoms with van der Waals surface area (Å²) in [5.74, 6) is 0.0390. The van der Waals surface area contributed by atoms with E-state index in [2.05, 4.69) is 29.0 Å². The van der Waals surface area contributed by atoms with Gasteiger partial charge in [-0.25, -0.2) is 0 Å². The maximum atomic E-state index is 13.4. The van der Waals surface area contributed by atoms with Crippen molar-refractivity contribution in [2.24, 2.45) is 0 Å². The Labute approximate surface area is 185 Å². The maximum absolute atomic E-state index is 13.4. The number of rotatable bonds is 9. The number of halogens is 1. The first-order chi connectivity index (χ1) is 14.6. The number of likely N-dealkylation sites (N-methyl/N-ethyl adjacent to an activating group) is 1. The molecule has 0 saturated carbocycles. The predicted molar refractivity (Wildman–Crippen MR) is 122 cm³/mol. The Bertz CT molecular complexity index is 775. The third-order valence-corrected chi connectivity index (χ3v) is 6.00. The van der Waals surface area contributed by atoms with Crippen molar-refractivity contribution in [1.82, 2.24) is 15.1 Å². The summed E-state index contributed by atoms with van der Waals surface area (Å²) in [7, 11) is 0. The molecule has 1 N–H and O–H groups in total. The minimum Gasteiger partial charge on any atom is -0.379 e. The zero-order chi connectivity index (χ0) is 21.3. The molecule has 0 aromatic heterocycles. The van der Waals surface area contributed by atoms with Crippen molar-refractivity contribution in [2.45, 2.75) is 25.9 Å². The number of nitrogens with one attached hydrogen (secondary N) is 1. The summed E-state index contributed by atoms with van der Waals surface area (Å²) in [6.45, 7) is 9.48. The maximum Gasteiger partial charge on any atom is 0.242 e. The van der Waals surface area contributed by atoms with Crippen LogP contribution in [0.25, 0.3) is 0 Å². The molecule has 1 fully saturated rings. The molecule has 5 nitrogen and oxygen atoms in total. The molecule has 1 aliphatic rings. The second kappa shape index (κ2) is 11.5. The molecule has 1 aliphatic heterocycles. The first-order valence-electron chi connectivity index (χ1n) is 10.8. The van der Waals surface area contributed by atoms with Gasteiger partial charge in [-0.1, -0.05) is 67.9 Å². The van der Waals surface area contributed by atoms with Crippen molar-refractivity contribution in [3.05, 3.63) is 70.7 Å². The van der Waals surface area contributed by atoms with Crippen LogP contribution in [0.2, 0.25) is 5.02 Å². The lowest BCUT2D eigenvalue weighted by molar-refractivity contribution is -0.127. The molecule has 1 saturated heterocycles. The lowest BCUT2D eigenvalue weighted by atomic mass is 10.0. The zero-order valence-corrected chi connectivity index (χ0v) is 18.6. The summed E-state index contributed by atoms with van der Waals surface area (Å²) in [4.78, 5) is 17.9. The van der Waals surface area contributed by atoms with E-state index < -0.39 is 0 Å². The molecule has 2 aromatic rings. The molecule has 2 unspecified atom stereocenters. The lowest BCUT2D eigenvalue weighted by Gasteiger charge is -2.36. The SMILES string of the molecule is CCN(CC)C(C(=O)NCC(c1ccc(Cl)cc1)N1CCOCC1)c1ccccc1. The van der Waals surface area contributed by atoms with Gasteiger partial charge < -0.3 is 10.1 Å². The van der Waals surface area contributed by atoms with Gasteiger partial charge in [0.25, 0.3) is 0 Å². The zero-order valence-electron chi connectivity index (χ0n) is 17.9. The lowest BCUT2D eigenvalue weighted by Crippen LogP contribution is -2.46. The molecular formula is C24H32ClN3O2. The second-order valence-electron chi connectivity index (χ2n) is 7.50. The van der Waals surface area contributed by atoms with Gasteiger partial charge in [0.05, 0.1) is 19.3 Å². The van der Waals surface area contributed by atoms with E-state index in [0.29, 0.717) is 24.8 Å². The van der Waals surface area contributed by atoms with Crippen LogP contribution < -0.4 is 5.32 Å². The van der Waals surface area contributed by atoms with E-state index in [9.17, 15) is 4.79 Å². The number of hydrogen-bond acceptors (Lipinski definition) is 4. The molecule has 0 radical (unpaired) electrons. The molecule has 3 rings (SSSR count). The highest BCUT2D eigenvalue weighted by molar-refractivity contribution is 6.30. The Morgan fingerprint density at radius 1 is 1.03 bits per heavy atom. The smallest absolute Gasteiger partial charge is 0.242 e. The van der Waals surface area contributed by atoms with Crippen molar-refractivity contribution < 1.29 is 9.53 Å². The Hall–Kier alpha value is -1.92. The molecule has 2 aromatic carbocycles. The Morgan fingerprint density at radius 2 is 1.67 bits per heavy atom. The van der Waals surface area contributed by atoms with E-state index >= 15 is 0 Å². The highest BCUT2D eigenvalue weighted by Crippen LogP contribution is 2.25. The van der Waals surface area contributed by atoms with E-state index in [0.717, 1.165) is 37.3 Å². The molecule has 6 heteroatoms. The van der Waals surface area contributed by atoms with Crippen LogP contribution in [0.4, 0.5) is 0 Å². The van der Waals surface area contributed by atoms with Crippen LogP contribution in [0.3, 0.4) is 0 Å². The molecule has 1 amide bonds. The Balaban J connectivity index is 1.78. The minimum absolute atomic E-state index is 0.0390. The summed E-state index contributed by atoms with van der Waals surface area (Å²) in [5, 5.41) is 3.96. The Morgan fingerprint density at radius 3 is 2.27 bits per heavy atom. The third-order valence-electron chi connectivity index (χ3n) is 5.75. The van der Waals surface area contributed by atoms with Crippen molar-refractivity contribution in [1.29, 1.82) is 0 Å². The largest absolute Gasteiger partial charge is 0.379 e. The highest BCUT2D eigenvalue weighted by Gasteiger charge is 2.28. The summed E-state index contributed by atoms with van der Waals surface area (Å²) >= 11 is 6.10. The van der Waals surface area contributed by atoms with E-state index in [1.54, 1.807) is 0 Å². The minimum atomic E-state index is -0.295. The van der Waals surface area contributed by atoms with Gasteiger partial charge in [-0.05, 0) is 36.3 Å². The fraction of sp³-hybridized carbons (Fsp3) is 0.458. The van der Waals surface area contributed by atoms with Crippen LogP contribution in [0.15, 0.2) is 54.6 Å². The number of hydrogen-bond donors (Lipinski definition) is 1. The average Bonchev–Trinajstić information content (AvgIpc) is 2.79. The Kier molecular flexibility index (Phi) is 8.70. The number of morpholine rings is 1. The fourth-order valence-corrected chi connectivity index (χ4v) is 4.20. The van der Waals surface area contributed by atoms with E-state index in [1.165, 1.54) is 0 Å². The summed E-state index contributed by atoms with van der Waals surface area (Å²) < 4.78 is 5.53. The molecule has 2 atom stereocenters. The van der Waals surface area contributed by atoms with Gasteiger partial charge in [0.15, 0.2) is 0 Å². The predicted octanol–water partition coefficient (Wildman–Crippen LogP) is 3.91. The van der Waals surface area contributed by atoms with Gasteiger partial charge in [-0.15, -0.1) is 0 Å². The number of ether oxygens (including phenoxy) is 1. The number of carbonyl (C=O) groups excluding carboxylic acids is 1. The van der Waals surface area contributed by atoms with Crippen molar-refractivity contribution >= 4 is 17.5 Å². The average molecular weight is 430 g/mol. The van der Waals surface area contributed by atoms with Crippen LogP contribution in [0.5, 0.6) is 0 Å². The molecule has 162 valence electrons. The number of amides is 1. The van der Waals surface area contributed by atoms with E-state index in [4.69, 9.17) is 16.3 Å². The summed E-state index contributed by atoms with van der Waals surface area (Å²) in [6, 6.07) is 17.7. The molecular weight excluding hydrogens is 398 g/mol. The number of carbonyl (C=O) groups is 1. The van der Waals surface area contributed by atoms with Gasteiger partial charge >= 0.3 is 0 Å². The van der Waals surface area contributed by atoms with Gasteiger partial charge in [-0.3, -0.25) is 14.6 Å². The van der Waals surface area contributed by atoms with Gasteiger partial charge in [0.2, 0.25) is 5.91 Å². The first kappa shape index (κ1) is 22.8. The number of benzene rings is 2. The summed E-state index contributed by atoms with van der Waals surface area (Å²) in [5.41, 5.74) is 2.17. The van der Waals surface area contributed by atoms with Gasteiger partial charge in [-0.2, -0.15) is 0 Å².